The molecule has 0 fully saturated rings. The maximum Gasteiger partial charge on any atom is 0.317 e. The van der Waals surface area contributed by atoms with Gasteiger partial charge in [0.25, 0.3) is 0 Å². The normalized spacial score (nSPS) is 12.0. The molecule has 0 saturated heterocycles. The highest BCUT2D eigenvalue weighted by molar-refractivity contribution is 9.10. The number of rotatable bonds is 3. The van der Waals surface area contributed by atoms with Crippen LogP contribution in [0.2, 0.25) is 0 Å². The molecule has 16 heavy (non-hydrogen) atoms. The Morgan fingerprint density at radius 1 is 1.56 bits per heavy atom. The Hall–Kier alpha value is -1.03. The summed E-state index contributed by atoms with van der Waals surface area (Å²) in [6.07, 6.45) is 0. The lowest BCUT2D eigenvalue weighted by molar-refractivity contribution is 0.208. The van der Waals surface area contributed by atoms with Crippen molar-refractivity contribution in [1.29, 1.82) is 0 Å². The Balaban J connectivity index is 2.65. The highest BCUT2D eigenvalue weighted by Gasteiger charge is 2.11. The fourth-order valence-corrected chi connectivity index (χ4v) is 1.72. The molecule has 1 atom stereocenters. The largest absolute Gasteiger partial charge is 0.331 e. The van der Waals surface area contributed by atoms with E-state index in [1.807, 2.05) is 38.1 Å². The van der Waals surface area contributed by atoms with Gasteiger partial charge in [0.05, 0.1) is 6.04 Å². The van der Waals surface area contributed by atoms with Crippen LogP contribution in [0.25, 0.3) is 0 Å². The van der Waals surface area contributed by atoms with E-state index in [1.54, 1.807) is 11.9 Å². The van der Waals surface area contributed by atoms with Crippen molar-refractivity contribution in [1.82, 2.24) is 10.2 Å². The minimum absolute atomic E-state index is 0.0130. The van der Waals surface area contributed by atoms with Crippen molar-refractivity contribution in [2.75, 3.05) is 13.6 Å². The second-order valence-corrected chi connectivity index (χ2v) is 4.66. The average Bonchev–Trinajstić information content (AvgIpc) is 2.27. The zero-order chi connectivity index (χ0) is 12.1. The topological polar surface area (TPSA) is 32.3 Å². The zero-order valence-electron chi connectivity index (χ0n) is 9.83. The predicted molar refractivity (Wildman–Crippen MR) is 69.4 cm³/mol. The molecule has 0 aliphatic rings. The molecule has 1 aromatic rings. The number of carbonyl (C=O) groups is 1. The highest BCUT2D eigenvalue weighted by atomic mass is 79.9. The van der Waals surface area contributed by atoms with Gasteiger partial charge in [-0.25, -0.2) is 4.79 Å². The highest BCUT2D eigenvalue weighted by Crippen LogP contribution is 2.17. The van der Waals surface area contributed by atoms with Crippen LogP contribution in [0.4, 0.5) is 4.79 Å². The first-order valence-corrected chi connectivity index (χ1v) is 6.11. The van der Waals surface area contributed by atoms with Crippen LogP contribution >= 0.6 is 15.9 Å². The lowest BCUT2D eigenvalue weighted by atomic mass is 10.1. The standard InChI is InChI=1S/C12H17BrN2O/c1-4-15(3)12(16)14-9(2)10-6-5-7-11(13)8-10/h5-9H,4H2,1-3H3,(H,14,16). The van der Waals surface area contributed by atoms with Crippen LogP contribution in [0.3, 0.4) is 0 Å². The Kier molecular flexibility index (Phi) is 4.80. The summed E-state index contributed by atoms with van der Waals surface area (Å²) in [5.74, 6) is 0. The van der Waals surface area contributed by atoms with Gasteiger partial charge in [0.1, 0.15) is 0 Å². The number of hydrogen-bond donors (Lipinski definition) is 1. The van der Waals surface area contributed by atoms with Crippen LogP contribution < -0.4 is 5.32 Å². The van der Waals surface area contributed by atoms with Crippen LogP contribution in [0.1, 0.15) is 25.5 Å². The van der Waals surface area contributed by atoms with E-state index in [-0.39, 0.29) is 12.1 Å². The number of nitrogens with zero attached hydrogens (tertiary/aromatic N) is 1. The van der Waals surface area contributed by atoms with Crippen LogP contribution in [-0.2, 0) is 0 Å². The molecular formula is C12H17BrN2O. The van der Waals surface area contributed by atoms with Crippen molar-refractivity contribution in [3.05, 3.63) is 34.3 Å². The van der Waals surface area contributed by atoms with Gasteiger partial charge in [-0.3, -0.25) is 0 Å². The lowest BCUT2D eigenvalue weighted by Crippen LogP contribution is -2.38. The fraction of sp³-hybridized carbons (Fsp3) is 0.417. The summed E-state index contributed by atoms with van der Waals surface area (Å²) in [7, 11) is 1.78. The van der Waals surface area contributed by atoms with E-state index in [0.717, 1.165) is 10.0 Å². The summed E-state index contributed by atoms with van der Waals surface area (Å²) < 4.78 is 1.02. The van der Waals surface area contributed by atoms with Gasteiger partial charge < -0.3 is 10.2 Å². The molecule has 4 heteroatoms. The van der Waals surface area contributed by atoms with Gasteiger partial charge >= 0.3 is 6.03 Å². The number of hydrogen-bond acceptors (Lipinski definition) is 1. The van der Waals surface area contributed by atoms with Crippen molar-refractivity contribution in [2.45, 2.75) is 19.9 Å². The van der Waals surface area contributed by atoms with Gasteiger partial charge in [-0.1, -0.05) is 28.1 Å². The number of halogens is 1. The lowest BCUT2D eigenvalue weighted by Gasteiger charge is -2.20. The molecule has 0 aliphatic carbocycles. The molecule has 0 aromatic heterocycles. The molecular weight excluding hydrogens is 268 g/mol. The third-order valence-electron chi connectivity index (χ3n) is 2.51. The number of amides is 2. The minimum Gasteiger partial charge on any atom is -0.331 e. The maximum atomic E-state index is 11.6. The SMILES string of the molecule is CCN(C)C(=O)NC(C)c1cccc(Br)c1. The Morgan fingerprint density at radius 3 is 2.81 bits per heavy atom. The number of urea groups is 1. The smallest absolute Gasteiger partial charge is 0.317 e. The average molecular weight is 285 g/mol. The molecule has 2 amide bonds. The van der Waals surface area contributed by atoms with Crippen LogP contribution in [0.5, 0.6) is 0 Å². The third kappa shape index (κ3) is 3.52. The number of carbonyl (C=O) groups excluding carboxylic acids is 1. The van der Waals surface area contributed by atoms with Crippen molar-refractivity contribution in [3.63, 3.8) is 0 Å². The van der Waals surface area contributed by atoms with Gasteiger partial charge in [-0.15, -0.1) is 0 Å². The van der Waals surface area contributed by atoms with Gasteiger partial charge in [0.15, 0.2) is 0 Å². The number of nitrogens with one attached hydrogen (secondary N) is 1. The molecule has 0 heterocycles. The van der Waals surface area contributed by atoms with Crippen LogP contribution in [0, 0.1) is 0 Å². The monoisotopic (exact) mass is 284 g/mol. The van der Waals surface area contributed by atoms with Crippen molar-refractivity contribution < 1.29 is 4.79 Å². The van der Waals surface area contributed by atoms with E-state index < -0.39 is 0 Å². The molecule has 88 valence electrons. The van der Waals surface area contributed by atoms with E-state index >= 15 is 0 Å². The van der Waals surface area contributed by atoms with E-state index in [1.165, 1.54) is 0 Å². The Bertz CT molecular complexity index is 368. The summed E-state index contributed by atoms with van der Waals surface area (Å²) >= 11 is 3.42. The molecule has 0 aliphatic heterocycles. The summed E-state index contributed by atoms with van der Waals surface area (Å²) in [6.45, 7) is 4.63. The summed E-state index contributed by atoms with van der Waals surface area (Å²) in [5.41, 5.74) is 1.09. The molecule has 0 radical (unpaired) electrons. The zero-order valence-corrected chi connectivity index (χ0v) is 11.4. The van der Waals surface area contributed by atoms with Gasteiger partial charge in [0.2, 0.25) is 0 Å². The van der Waals surface area contributed by atoms with Crippen molar-refractivity contribution >= 4 is 22.0 Å². The Labute approximate surface area is 105 Å². The molecule has 1 unspecified atom stereocenters. The summed E-state index contributed by atoms with van der Waals surface area (Å²) in [5, 5.41) is 2.94. The second-order valence-electron chi connectivity index (χ2n) is 3.74. The molecule has 1 aromatic carbocycles. The molecule has 1 rings (SSSR count). The van der Waals surface area contributed by atoms with Crippen molar-refractivity contribution in [3.8, 4) is 0 Å². The molecule has 0 spiro atoms. The predicted octanol–water partition coefficient (Wildman–Crippen LogP) is 3.17. The van der Waals surface area contributed by atoms with E-state index in [0.29, 0.717) is 6.54 Å². The van der Waals surface area contributed by atoms with Gasteiger partial charge in [-0.05, 0) is 31.5 Å². The van der Waals surface area contributed by atoms with Crippen molar-refractivity contribution in [2.24, 2.45) is 0 Å². The molecule has 0 bridgehead atoms. The molecule has 1 N–H and O–H groups in total. The summed E-state index contributed by atoms with van der Waals surface area (Å²) in [6, 6.07) is 7.91. The molecule has 3 nitrogen and oxygen atoms in total. The number of benzene rings is 1. The van der Waals surface area contributed by atoms with Crippen LogP contribution in [-0.4, -0.2) is 24.5 Å². The van der Waals surface area contributed by atoms with E-state index in [2.05, 4.69) is 21.2 Å². The van der Waals surface area contributed by atoms with E-state index in [4.69, 9.17) is 0 Å². The molecule has 0 saturated carbocycles. The first-order chi connectivity index (χ1) is 7.54. The Morgan fingerprint density at radius 2 is 2.25 bits per heavy atom. The first-order valence-electron chi connectivity index (χ1n) is 5.31. The van der Waals surface area contributed by atoms with Gasteiger partial charge in [-0.2, -0.15) is 0 Å². The minimum atomic E-state index is -0.0463. The van der Waals surface area contributed by atoms with E-state index in [9.17, 15) is 4.79 Å². The summed E-state index contributed by atoms with van der Waals surface area (Å²) in [4.78, 5) is 13.3. The quantitative estimate of drug-likeness (QED) is 0.909. The second kappa shape index (κ2) is 5.89. The van der Waals surface area contributed by atoms with Crippen LogP contribution in [0.15, 0.2) is 28.7 Å². The fourth-order valence-electron chi connectivity index (χ4n) is 1.30. The van der Waals surface area contributed by atoms with Gasteiger partial charge in [0, 0.05) is 18.1 Å². The maximum absolute atomic E-state index is 11.6. The first kappa shape index (κ1) is 13.0. The third-order valence-corrected chi connectivity index (χ3v) is 3.00.